The number of benzene rings is 2. The number of nitro groups is 1. The van der Waals surface area contributed by atoms with Crippen LogP contribution in [0.15, 0.2) is 47.8 Å². The second-order valence-electron chi connectivity index (χ2n) is 8.06. The molecular weight excluding hydrogens is 462 g/mol. The number of carbonyl (C=O) groups is 1. The summed E-state index contributed by atoms with van der Waals surface area (Å²) in [7, 11) is 2.15. The van der Waals surface area contributed by atoms with E-state index in [1.165, 1.54) is 35.1 Å². The number of amides is 1. The first-order chi connectivity index (χ1) is 15.9. The van der Waals surface area contributed by atoms with Crippen LogP contribution in [-0.2, 0) is 17.8 Å². The molecule has 1 fully saturated rings. The van der Waals surface area contributed by atoms with Gasteiger partial charge in [-0.3, -0.25) is 19.8 Å². The molecule has 1 saturated heterocycles. The summed E-state index contributed by atoms with van der Waals surface area (Å²) in [5, 5.41) is 16.7. The lowest BCUT2D eigenvalue weighted by Crippen LogP contribution is -2.43. The number of nitro benzene ring substituents is 1. The molecule has 172 valence electrons. The Labute approximate surface area is 201 Å². The summed E-state index contributed by atoms with van der Waals surface area (Å²) in [6.07, 6.45) is 0.0256. The Bertz CT molecular complexity index is 1140. The third kappa shape index (κ3) is 6.14. The minimum absolute atomic E-state index is 0.0256. The fourth-order valence-corrected chi connectivity index (χ4v) is 4.65. The van der Waals surface area contributed by atoms with Gasteiger partial charge in [-0.05, 0) is 24.7 Å². The minimum Gasteiger partial charge on any atom is -0.320 e. The van der Waals surface area contributed by atoms with E-state index < -0.39 is 4.92 Å². The molecule has 1 aliphatic heterocycles. The van der Waals surface area contributed by atoms with E-state index in [0.717, 1.165) is 43.3 Å². The predicted octanol–water partition coefficient (Wildman–Crippen LogP) is 4.30. The van der Waals surface area contributed by atoms with Gasteiger partial charge in [0.05, 0.1) is 17.0 Å². The summed E-state index contributed by atoms with van der Waals surface area (Å²) in [4.78, 5) is 32.4. The topological polar surface area (TPSA) is 91.6 Å². The van der Waals surface area contributed by atoms with E-state index in [-0.39, 0.29) is 28.7 Å². The molecule has 0 bridgehead atoms. The van der Waals surface area contributed by atoms with Crippen LogP contribution < -0.4 is 5.32 Å². The van der Waals surface area contributed by atoms with Gasteiger partial charge in [0.25, 0.3) is 5.69 Å². The van der Waals surface area contributed by atoms with E-state index in [0.29, 0.717) is 5.69 Å². The number of carbonyl (C=O) groups excluding carboxylic acids is 1. The van der Waals surface area contributed by atoms with Gasteiger partial charge in [-0.2, -0.15) is 0 Å². The lowest BCUT2D eigenvalue weighted by atomic mass is 10.1. The molecule has 33 heavy (non-hydrogen) atoms. The van der Waals surface area contributed by atoms with Gasteiger partial charge in [0, 0.05) is 54.8 Å². The highest BCUT2D eigenvalue weighted by Crippen LogP contribution is 2.28. The summed E-state index contributed by atoms with van der Waals surface area (Å²) in [6.45, 7) is 5.29. The molecule has 0 spiro atoms. The smallest absolute Gasteiger partial charge is 0.294 e. The molecule has 2 heterocycles. The Morgan fingerprint density at radius 3 is 2.61 bits per heavy atom. The van der Waals surface area contributed by atoms with Crippen molar-refractivity contribution < 1.29 is 9.72 Å². The Kier molecular flexibility index (Phi) is 7.34. The quantitative estimate of drug-likeness (QED) is 0.396. The summed E-state index contributed by atoms with van der Waals surface area (Å²) in [6, 6.07) is 12.5. The van der Waals surface area contributed by atoms with Gasteiger partial charge in [-0.15, -0.1) is 11.3 Å². The number of hydrogen-bond acceptors (Lipinski definition) is 7. The van der Waals surface area contributed by atoms with Gasteiger partial charge in [-0.25, -0.2) is 4.98 Å². The number of piperazine rings is 1. The molecule has 1 N–H and O–H groups in total. The molecule has 0 radical (unpaired) electrons. The van der Waals surface area contributed by atoms with Crippen molar-refractivity contribution in [2.75, 3.05) is 38.5 Å². The molecule has 1 amide bonds. The SMILES string of the molecule is CN1CCN(Cc2ccc(-c3nc(CC(=O)Nc4ccc(Cl)cc4[N+](=O)[O-])cs3)cc2)CC1. The number of thiazole rings is 1. The van der Waals surface area contributed by atoms with Gasteiger partial charge in [0.1, 0.15) is 10.7 Å². The van der Waals surface area contributed by atoms with Crippen LogP contribution in [0.5, 0.6) is 0 Å². The molecule has 10 heteroatoms. The number of rotatable bonds is 7. The van der Waals surface area contributed by atoms with Crippen molar-refractivity contribution in [1.82, 2.24) is 14.8 Å². The van der Waals surface area contributed by atoms with Crippen molar-refractivity contribution in [3.63, 3.8) is 0 Å². The monoisotopic (exact) mass is 485 g/mol. The number of nitrogens with one attached hydrogen (secondary N) is 1. The van der Waals surface area contributed by atoms with Crippen molar-refractivity contribution in [1.29, 1.82) is 0 Å². The first-order valence-corrected chi connectivity index (χ1v) is 11.8. The summed E-state index contributed by atoms with van der Waals surface area (Å²) in [5.74, 6) is -0.375. The molecule has 1 aromatic heterocycles. The van der Waals surface area contributed by atoms with E-state index in [4.69, 9.17) is 11.6 Å². The fourth-order valence-electron chi connectivity index (χ4n) is 3.66. The van der Waals surface area contributed by atoms with Gasteiger partial charge < -0.3 is 10.2 Å². The number of likely N-dealkylation sites (N-methyl/N-ethyl adjacent to an activating group) is 1. The van der Waals surface area contributed by atoms with Gasteiger partial charge >= 0.3 is 0 Å². The van der Waals surface area contributed by atoms with Crippen LogP contribution in [0.2, 0.25) is 5.02 Å². The zero-order valence-corrected chi connectivity index (χ0v) is 19.7. The normalized spacial score (nSPS) is 14.8. The van der Waals surface area contributed by atoms with Crippen LogP contribution in [0, 0.1) is 10.1 Å². The first-order valence-electron chi connectivity index (χ1n) is 10.6. The number of nitrogens with zero attached hydrogens (tertiary/aromatic N) is 4. The van der Waals surface area contributed by atoms with Crippen LogP contribution in [0.25, 0.3) is 10.6 Å². The highest BCUT2D eigenvalue weighted by atomic mass is 35.5. The van der Waals surface area contributed by atoms with Crippen molar-refractivity contribution in [3.8, 4) is 10.6 Å². The number of halogens is 1. The maximum atomic E-state index is 12.4. The largest absolute Gasteiger partial charge is 0.320 e. The van der Waals surface area contributed by atoms with Crippen molar-refractivity contribution in [3.05, 3.63) is 74.2 Å². The maximum Gasteiger partial charge on any atom is 0.294 e. The Hall–Kier alpha value is -2.85. The standard InChI is InChI=1S/C23H24ClN5O3S/c1-27-8-10-28(11-9-27)14-16-2-4-17(5-3-16)23-25-19(15-33-23)13-22(30)26-20-7-6-18(24)12-21(20)29(31)32/h2-7,12,15H,8-11,13-14H2,1H3,(H,26,30). The summed E-state index contributed by atoms with van der Waals surface area (Å²) < 4.78 is 0. The average molecular weight is 486 g/mol. The van der Waals surface area contributed by atoms with E-state index in [2.05, 4.69) is 51.4 Å². The molecule has 1 aliphatic rings. The average Bonchev–Trinajstić information content (AvgIpc) is 3.25. The lowest BCUT2D eigenvalue weighted by molar-refractivity contribution is -0.383. The summed E-state index contributed by atoms with van der Waals surface area (Å²) in [5.41, 5.74) is 2.75. The molecule has 2 aromatic carbocycles. The maximum absolute atomic E-state index is 12.4. The summed E-state index contributed by atoms with van der Waals surface area (Å²) >= 11 is 7.29. The third-order valence-electron chi connectivity index (χ3n) is 5.53. The highest BCUT2D eigenvalue weighted by Gasteiger charge is 2.18. The van der Waals surface area contributed by atoms with Crippen molar-refractivity contribution in [2.24, 2.45) is 0 Å². The zero-order valence-electron chi connectivity index (χ0n) is 18.2. The minimum atomic E-state index is -0.574. The molecule has 0 unspecified atom stereocenters. The predicted molar refractivity (Wildman–Crippen MR) is 131 cm³/mol. The van der Waals surface area contributed by atoms with Crippen LogP contribution in [0.3, 0.4) is 0 Å². The molecule has 3 aromatic rings. The molecule has 0 saturated carbocycles. The fraction of sp³-hybridized carbons (Fsp3) is 0.304. The molecule has 4 rings (SSSR count). The van der Waals surface area contributed by atoms with E-state index in [1.807, 2.05) is 5.38 Å². The van der Waals surface area contributed by atoms with Gasteiger partial charge in [0.15, 0.2) is 0 Å². The van der Waals surface area contributed by atoms with Crippen molar-refractivity contribution >= 4 is 40.2 Å². The number of hydrogen-bond donors (Lipinski definition) is 1. The zero-order chi connectivity index (χ0) is 23.4. The molecule has 0 aliphatic carbocycles. The highest BCUT2D eigenvalue weighted by molar-refractivity contribution is 7.13. The Morgan fingerprint density at radius 1 is 1.18 bits per heavy atom. The van der Waals surface area contributed by atoms with E-state index >= 15 is 0 Å². The second kappa shape index (κ2) is 10.4. The second-order valence-corrected chi connectivity index (χ2v) is 9.36. The Morgan fingerprint density at radius 2 is 1.91 bits per heavy atom. The van der Waals surface area contributed by atoms with E-state index in [9.17, 15) is 14.9 Å². The molecule has 0 atom stereocenters. The number of anilines is 1. The van der Waals surface area contributed by atoms with Crippen LogP contribution in [0.1, 0.15) is 11.3 Å². The van der Waals surface area contributed by atoms with E-state index in [1.54, 1.807) is 0 Å². The van der Waals surface area contributed by atoms with Gasteiger partial charge in [-0.1, -0.05) is 35.9 Å². The van der Waals surface area contributed by atoms with Crippen LogP contribution in [-0.4, -0.2) is 58.8 Å². The third-order valence-corrected chi connectivity index (χ3v) is 6.70. The Balaban J connectivity index is 1.36. The van der Waals surface area contributed by atoms with Crippen molar-refractivity contribution in [2.45, 2.75) is 13.0 Å². The molecular formula is C23H24ClN5O3S. The van der Waals surface area contributed by atoms with Gasteiger partial charge in [0.2, 0.25) is 5.91 Å². The first kappa shape index (κ1) is 23.3. The lowest BCUT2D eigenvalue weighted by Gasteiger charge is -2.32. The number of aromatic nitrogens is 1. The van der Waals surface area contributed by atoms with Crippen LogP contribution >= 0.6 is 22.9 Å². The molecule has 8 nitrogen and oxygen atoms in total. The van der Waals surface area contributed by atoms with Crippen LogP contribution in [0.4, 0.5) is 11.4 Å².